The average Bonchev–Trinajstić information content (AvgIpc) is 2.59. The molecule has 0 aliphatic carbocycles. The van der Waals surface area contributed by atoms with Crippen molar-refractivity contribution in [2.45, 2.75) is 12.3 Å². The Balaban J connectivity index is 2.12. The molecular weight excluding hydrogens is 130 g/mol. The molecule has 0 N–H and O–H groups in total. The summed E-state index contributed by atoms with van der Waals surface area (Å²) in [7, 11) is 0. The van der Waals surface area contributed by atoms with Crippen LogP contribution in [0.5, 0.6) is 0 Å². The highest BCUT2D eigenvalue weighted by molar-refractivity contribution is 5.02. The molecule has 0 spiro atoms. The number of hydrogen-bond acceptors (Lipinski definition) is 3. The van der Waals surface area contributed by atoms with Crippen LogP contribution in [0.15, 0.2) is 16.8 Å². The van der Waals surface area contributed by atoms with Gasteiger partial charge < -0.3 is 9.26 Å². The van der Waals surface area contributed by atoms with E-state index in [0.29, 0.717) is 5.92 Å². The van der Waals surface area contributed by atoms with Crippen LogP contribution in [0.4, 0.5) is 0 Å². The Hall–Kier alpha value is -0.830. The van der Waals surface area contributed by atoms with Gasteiger partial charge in [0.05, 0.1) is 12.8 Å². The summed E-state index contributed by atoms with van der Waals surface area (Å²) in [5.41, 5.74) is 0. The molecular formula is C7H9NO2. The molecule has 1 fully saturated rings. The molecule has 0 radical (unpaired) electrons. The second kappa shape index (κ2) is 2.42. The van der Waals surface area contributed by atoms with E-state index in [1.54, 1.807) is 6.20 Å². The van der Waals surface area contributed by atoms with Gasteiger partial charge in [-0.3, -0.25) is 0 Å². The quantitative estimate of drug-likeness (QED) is 0.586. The first-order valence-electron chi connectivity index (χ1n) is 3.45. The van der Waals surface area contributed by atoms with Crippen molar-refractivity contribution in [1.29, 1.82) is 0 Å². The van der Waals surface area contributed by atoms with Crippen molar-refractivity contribution < 1.29 is 9.26 Å². The summed E-state index contributed by atoms with van der Waals surface area (Å²) >= 11 is 0. The zero-order valence-corrected chi connectivity index (χ0v) is 5.62. The second-order valence-corrected chi connectivity index (χ2v) is 2.48. The molecule has 1 aromatic heterocycles. The first-order valence-corrected chi connectivity index (χ1v) is 3.45. The first kappa shape index (κ1) is 5.92. The smallest absolute Gasteiger partial charge is 0.142 e. The van der Waals surface area contributed by atoms with Gasteiger partial charge in [0.2, 0.25) is 0 Å². The third kappa shape index (κ3) is 0.926. The predicted octanol–water partition coefficient (Wildman–Crippen LogP) is 1.18. The van der Waals surface area contributed by atoms with Crippen LogP contribution in [-0.2, 0) is 4.74 Å². The van der Waals surface area contributed by atoms with Crippen LogP contribution in [0.1, 0.15) is 18.1 Å². The molecule has 3 heteroatoms. The van der Waals surface area contributed by atoms with Crippen molar-refractivity contribution >= 4 is 0 Å². The maximum absolute atomic E-state index is 5.19. The molecule has 1 aliphatic rings. The van der Waals surface area contributed by atoms with Gasteiger partial charge >= 0.3 is 0 Å². The molecule has 54 valence electrons. The van der Waals surface area contributed by atoms with Crippen LogP contribution in [0, 0.1) is 0 Å². The zero-order valence-electron chi connectivity index (χ0n) is 5.62. The fraction of sp³-hybridized carbons (Fsp3) is 0.571. The largest absolute Gasteiger partial charge is 0.381 e. The van der Waals surface area contributed by atoms with Gasteiger partial charge in [-0.1, -0.05) is 5.16 Å². The van der Waals surface area contributed by atoms with Gasteiger partial charge in [-0.15, -0.1) is 0 Å². The summed E-state index contributed by atoms with van der Waals surface area (Å²) in [6.07, 6.45) is 2.74. The molecule has 1 unspecified atom stereocenters. The molecule has 2 heterocycles. The zero-order chi connectivity index (χ0) is 6.81. The van der Waals surface area contributed by atoms with E-state index in [4.69, 9.17) is 9.26 Å². The maximum atomic E-state index is 5.19. The molecule has 2 rings (SSSR count). The third-order valence-corrected chi connectivity index (χ3v) is 1.79. The minimum Gasteiger partial charge on any atom is -0.381 e. The molecule has 0 bridgehead atoms. The van der Waals surface area contributed by atoms with Gasteiger partial charge in [-0.25, -0.2) is 0 Å². The van der Waals surface area contributed by atoms with E-state index in [1.807, 2.05) is 6.07 Å². The molecule has 0 saturated carbocycles. The first-order chi connectivity index (χ1) is 4.97. The molecule has 3 nitrogen and oxygen atoms in total. The number of hydrogen-bond donors (Lipinski definition) is 0. The van der Waals surface area contributed by atoms with E-state index in [-0.39, 0.29) is 0 Å². The van der Waals surface area contributed by atoms with Crippen molar-refractivity contribution in [2.75, 3.05) is 13.2 Å². The highest BCUT2D eigenvalue weighted by Gasteiger charge is 2.20. The summed E-state index contributed by atoms with van der Waals surface area (Å²) in [5.74, 6) is 1.40. The van der Waals surface area contributed by atoms with Crippen molar-refractivity contribution in [3.8, 4) is 0 Å². The van der Waals surface area contributed by atoms with Crippen LogP contribution in [-0.4, -0.2) is 18.4 Å². The van der Waals surface area contributed by atoms with Crippen molar-refractivity contribution in [3.05, 3.63) is 18.0 Å². The lowest BCUT2D eigenvalue weighted by Crippen LogP contribution is -1.94. The Morgan fingerprint density at radius 3 is 3.20 bits per heavy atom. The summed E-state index contributed by atoms with van der Waals surface area (Å²) < 4.78 is 10.2. The molecule has 10 heavy (non-hydrogen) atoms. The van der Waals surface area contributed by atoms with Gasteiger partial charge in [-0.05, 0) is 6.42 Å². The molecule has 1 aliphatic heterocycles. The standard InChI is InChI=1S/C7H9NO2/c1-3-8-10-7(1)6-2-4-9-5-6/h1,3,6H,2,4-5H2. The lowest BCUT2D eigenvalue weighted by molar-refractivity contribution is 0.190. The molecule has 0 aromatic carbocycles. The molecule has 0 amide bonds. The van der Waals surface area contributed by atoms with Gasteiger partial charge in [0.1, 0.15) is 5.76 Å². The Morgan fingerprint density at radius 2 is 2.60 bits per heavy atom. The van der Waals surface area contributed by atoms with Gasteiger partial charge in [0.25, 0.3) is 0 Å². The highest BCUT2D eigenvalue weighted by atomic mass is 16.5. The number of aromatic nitrogens is 1. The van der Waals surface area contributed by atoms with E-state index in [0.717, 1.165) is 25.4 Å². The Morgan fingerprint density at radius 1 is 1.60 bits per heavy atom. The summed E-state index contributed by atoms with van der Waals surface area (Å²) in [5, 5.41) is 3.64. The third-order valence-electron chi connectivity index (χ3n) is 1.79. The summed E-state index contributed by atoms with van der Waals surface area (Å²) in [6.45, 7) is 1.64. The summed E-state index contributed by atoms with van der Waals surface area (Å²) in [6, 6.07) is 1.90. The normalized spacial score (nSPS) is 25.4. The minimum atomic E-state index is 0.447. The fourth-order valence-electron chi connectivity index (χ4n) is 1.20. The lowest BCUT2D eigenvalue weighted by Gasteiger charge is -1.98. The maximum Gasteiger partial charge on any atom is 0.142 e. The molecule has 1 saturated heterocycles. The van der Waals surface area contributed by atoms with Gasteiger partial charge in [0.15, 0.2) is 0 Å². The average molecular weight is 139 g/mol. The van der Waals surface area contributed by atoms with E-state index in [1.165, 1.54) is 0 Å². The van der Waals surface area contributed by atoms with Gasteiger partial charge in [-0.2, -0.15) is 0 Å². The fourth-order valence-corrected chi connectivity index (χ4v) is 1.20. The predicted molar refractivity (Wildman–Crippen MR) is 34.7 cm³/mol. The van der Waals surface area contributed by atoms with E-state index < -0.39 is 0 Å². The van der Waals surface area contributed by atoms with Gasteiger partial charge in [0, 0.05) is 18.6 Å². The second-order valence-electron chi connectivity index (χ2n) is 2.48. The highest BCUT2D eigenvalue weighted by Crippen LogP contribution is 2.23. The van der Waals surface area contributed by atoms with Crippen LogP contribution < -0.4 is 0 Å². The lowest BCUT2D eigenvalue weighted by atomic mass is 10.1. The van der Waals surface area contributed by atoms with Crippen LogP contribution in [0.2, 0.25) is 0 Å². The van der Waals surface area contributed by atoms with Crippen molar-refractivity contribution in [2.24, 2.45) is 0 Å². The monoisotopic (exact) mass is 139 g/mol. The topological polar surface area (TPSA) is 35.3 Å². The Kier molecular flexibility index (Phi) is 1.43. The van der Waals surface area contributed by atoms with Crippen molar-refractivity contribution in [1.82, 2.24) is 5.16 Å². The van der Waals surface area contributed by atoms with E-state index in [2.05, 4.69) is 5.16 Å². The van der Waals surface area contributed by atoms with Crippen molar-refractivity contribution in [3.63, 3.8) is 0 Å². The van der Waals surface area contributed by atoms with Crippen LogP contribution >= 0.6 is 0 Å². The Bertz CT molecular complexity index is 189. The number of ether oxygens (including phenoxy) is 1. The van der Waals surface area contributed by atoms with E-state index in [9.17, 15) is 0 Å². The molecule has 1 atom stereocenters. The van der Waals surface area contributed by atoms with Crippen LogP contribution in [0.25, 0.3) is 0 Å². The van der Waals surface area contributed by atoms with E-state index >= 15 is 0 Å². The molecule has 1 aromatic rings. The SMILES string of the molecule is c1cc(C2CCOC2)on1. The Labute approximate surface area is 59.0 Å². The van der Waals surface area contributed by atoms with Crippen LogP contribution in [0.3, 0.4) is 0 Å². The number of nitrogens with zero attached hydrogens (tertiary/aromatic N) is 1. The number of rotatable bonds is 1. The minimum absolute atomic E-state index is 0.447. The summed E-state index contributed by atoms with van der Waals surface area (Å²) in [4.78, 5) is 0.